The predicted octanol–water partition coefficient (Wildman–Crippen LogP) is 3.04. The van der Waals surface area contributed by atoms with Crippen molar-refractivity contribution in [1.29, 1.82) is 0 Å². The minimum Gasteiger partial charge on any atom is -0.341 e. The Labute approximate surface area is 85.9 Å². The smallest absolute Gasteiger partial charge is 0.154 e. The van der Waals surface area contributed by atoms with Crippen molar-refractivity contribution >= 4 is 15.9 Å². The molecule has 0 bridgehead atoms. The van der Waals surface area contributed by atoms with E-state index in [1.54, 1.807) is 0 Å². The van der Waals surface area contributed by atoms with Gasteiger partial charge in [-0.25, -0.2) is 0 Å². The van der Waals surface area contributed by atoms with Crippen molar-refractivity contribution in [1.82, 2.24) is 0 Å². The molecule has 0 fully saturated rings. The fourth-order valence-corrected chi connectivity index (χ4v) is 3.57. The summed E-state index contributed by atoms with van der Waals surface area (Å²) in [5.74, 6) is 0. The third-order valence-corrected chi connectivity index (χ3v) is 5.95. The Morgan fingerprint density at radius 1 is 1.00 bits per heavy atom. The van der Waals surface area contributed by atoms with Crippen molar-refractivity contribution in [2.24, 2.45) is 15.5 Å². The predicted molar refractivity (Wildman–Crippen MR) is 65.4 cm³/mol. The Morgan fingerprint density at radius 3 is 1.62 bits per heavy atom. The molecule has 0 saturated carbocycles. The highest BCUT2D eigenvalue weighted by Gasteiger charge is 2.34. The highest BCUT2D eigenvalue weighted by Crippen LogP contribution is 2.44. The Bertz CT molecular complexity index is 158. The Balaban J connectivity index is 4.57. The summed E-state index contributed by atoms with van der Waals surface area (Å²) < 4.78 is 4.52. The SMILES string of the molecule is C/C=N\[SiH2]C(C(C)(C)C)C(C)(C)C. The van der Waals surface area contributed by atoms with Crippen LogP contribution in [0.2, 0.25) is 5.54 Å². The van der Waals surface area contributed by atoms with Crippen LogP contribution in [0.4, 0.5) is 0 Å². The molecule has 0 aromatic heterocycles. The molecule has 0 aromatic rings. The lowest BCUT2D eigenvalue weighted by molar-refractivity contribution is 0.232. The topological polar surface area (TPSA) is 12.4 Å². The second-order valence-corrected chi connectivity index (χ2v) is 7.45. The van der Waals surface area contributed by atoms with Gasteiger partial charge >= 0.3 is 0 Å². The molecule has 0 saturated heterocycles. The molecule has 0 rings (SSSR count). The standard InChI is InChI=1S/C11H25NSi/c1-8-12-13-9(10(2,3)4)11(5,6)7/h8-9H,13H2,1-7H3/b12-8-. The van der Waals surface area contributed by atoms with Crippen LogP contribution >= 0.6 is 0 Å². The summed E-state index contributed by atoms with van der Waals surface area (Å²) in [5, 5.41) is 0. The highest BCUT2D eigenvalue weighted by atomic mass is 28.2. The number of nitrogens with zero attached hydrogens (tertiary/aromatic N) is 1. The molecule has 0 spiro atoms. The van der Waals surface area contributed by atoms with Crippen LogP contribution < -0.4 is 0 Å². The second-order valence-electron chi connectivity index (χ2n) is 5.91. The van der Waals surface area contributed by atoms with Crippen LogP contribution in [0.3, 0.4) is 0 Å². The van der Waals surface area contributed by atoms with Gasteiger partial charge in [0.1, 0.15) is 0 Å². The van der Waals surface area contributed by atoms with E-state index in [4.69, 9.17) is 0 Å². The van der Waals surface area contributed by atoms with Gasteiger partial charge in [0.25, 0.3) is 0 Å². The molecule has 0 aliphatic rings. The third kappa shape index (κ3) is 4.60. The van der Waals surface area contributed by atoms with Crippen molar-refractivity contribution < 1.29 is 0 Å². The lowest BCUT2D eigenvalue weighted by Gasteiger charge is -2.39. The van der Waals surface area contributed by atoms with Crippen LogP contribution in [-0.2, 0) is 0 Å². The second kappa shape index (κ2) is 4.40. The van der Waals surface area contributed by atoms with Crippen molar-refractivity contribution in [2.45, 2.75) is 54.0 Å². The first-order valence-electron chi connectivity index (χ1n) is 5.14. The number of rotatable bonds is 2. The summed E-state index contributed by atoms with van der Waals surface area (Å²) in [6, 6.07) is 0. The molecule has 0 amide bonds. The van der Waals surface area contributed by atoms with Gasteiger partial charge in [-0.15, -0.1) is 0 Å². The molecule has 0 unspecified atom stereocenters. The molecule has 0 aromatic carbocycles. The maximum Gasteiger partial charge on any atom is 0.154 e. The molecular formula is C11H25NSi. The molecular weight excluding hydrogens is 174 g/mol. The van der Waals surface area contributed by atoms with Crippen molar-refractivity contribution in [3.05, 3.63) is 0 Å². The zero-order valence-corrected chi connectivity index (χ0v) is 11.7. The van der Waals surface area contributed by atoms with Gasteiger partial charge < -0.3 is 4.66 Å². The number of hydrogen-bond donors (Lipinski definition) is 0. The molecule has 78 valence electrons. The summed E-state index contributed by atoms with van der Waals surface area (Å²) in [7, 11) is -0.314. The zero-order chi connectivity index (χ0) is 10.7. The van der Waals surface area contributed by atoms with E-state index in [2.05, 4.69) is 46.2 Å². The average Bonchev–Trinajstić information content (AvgIpc) is 1.81. The van der Waals surface area contributed by atoms with Gasteiger partial charge in [0, 0.05) is 0 Å². The van der Waals surface area contributed by atoms with Gasteiger partial charge in [-0.1, -0.05) is 41.5 Å². The van der Waals surface area contributed by atoms with Gasteiger partial charge in [0.2, 0.25) is 0 Å². The van der Waals surface area contributed by atoms with Crippen LogP contribution in [0.5, 0.6) is 0 Å². The molecule has 0 aliphatic heterocycles. The van der Waals surface area contributed by atoms with Gasteiger partial charge in [0.05, 0.1) is 0 Å². The Kier molecular flexibility index (Phi) is 4.37. The first kappa shape index (κ1) is 12.9. The summed E-state index contributed by atoms with van der Waals surface area (Å²) in [5.41, 5.74) is 1.57. The molecule has 0 atom stereocenters. The quantitative estimate of drug-likeness (QED) is 0.479. The maximum atomic E-state index is 4.52. The van der Waals surface area contributed by atoms with E-state index in [0.717, 1.165) is 5.54 Å². The molecule has 1 nitrogen and oxygen atoms in total. The number of hydrogen-bond acceptors (Lipinski definition) is 1. The van der Waals surface area contributed by atoms with E-state index >= 15 is 0 Å². The van der Waals surface area contributed by atoms with E-state index in [-0.39, 0.29) is 9.68 Å². The van der Waals surface area contributed by atoms with Gasteiger partial charge in [-0.2, -0.15) is 0 Å². The van der Waals surface area contributed by atoms with Gasteiger partial charge in [0.15, 0.2) is 9.68 Å². The molecule has 0 radical (unpaired) electrons. The molecule has 0 aliphatic carbocycles. The third-order valence-electron chi connectivity index (χ3n) is 2.56. The summed E-state index contributed by atoms with van der Waals surface area (Å²) in [6.45, 7) is 16.0. The first-order chi connectivity index (χ1) is 5.69. The molecule has 0 heterocycles. The maximum absolute atomic E-state index is 4.52. The van der Waals surface area contributed by atoms with E-state index in [0.29, 0.717) is 10.8 Å². The fraction of sp³-hybridized carbons (Fsp3) is 0.909. The molecule has 0 N–H and O–H groups in total. The van der Waals surface area contributed by atoms with Crippen LogP contribution in [0.1, 0.15) is 48.5 Å². The van der Waals surface area contributed by atoms with E-state index < -0.39 is 0 Å². The first-order valence-corrected chi connectivity index (χ1v) is 6.59. The Morgan fingerprint density at radius 2 is 1.38 bits per heavy atom. The lowest BCUT2D eigenvalue weighted by atomic mass is 9.77. The summed E-state index contributed by atoms with van der Waals surface area (Å²) in [4.78, 5) is 0. The minimum absolute atomic E-state index is 0.314. The lowest BCUT2D eigenvalue weighted by Crippen LogP contribution is -2.31. The monoisotopic (exact) mass is 199 g/mol. The van der Waals surface area contributed by atoms with E-state index in [1.165, 1.54) is 0 Å². The normalized spacial score (nSPS) is 15.4. The summed E-state index contributed by atoms with van der Waals surface area (Å²) >= 11 is 0. The van der Waals surface area contributed by atoms with Gasteiger partial charge in [-0.05, 0) is 29.5 Å². The Hall–Kier alpha value is -0.113. The molecule has 2 heteroatoms. The van der Waals surface area contributed by atoms with E-state index in [9.17, 15) is 0 Å². The molecule has 13 heavy (non-hydrogen) atoms. The highest BCUT2D eigenvalue weighted by molar-refractivity contribution is 6.37. The van der Waals surface area contributed by atoms with Crippen molar-refractivity contribution in [2.75, 3.05) is 0 Å². The van der Waals surface area contributed by atoms with E-state index in [1.807, 2.05) is 13.1 Å². The largest absolute Gasteiger partial charge is 0.341 e. The van der Waals surface area contributed by atoms with Crippen LogP contribution in [0.25, 0.3) is 0 Å². The zero-order valence-electron chi connectivity index (χ0n) is 10.3. The van der Waals surface area contributed by atoms with Crippen molar-refractivity contribution in [3.63, 3.8) is 0 Å². The van der Waals surface area contributed by atoms with Crippen LogP contribution in [0.15, 0.2) is 4.66 Å². The van der Waals surface area contributed by atoms with Crippen molar-refractivity contribution in [3.8, 4) is 0 Å². The summed E-state index contributed by atoms with van der Waals surface area (Å²) in [6.07, 6.45) is 1.97. The average molecular weight is 199 g/mol. The fourth-order valence-electron chi connectivity index (χ4n) is 2.06. The van der Waals surface area contributed by atoms with Crippen LogP contribution in [-0.4, -0.2) is 15.9 Å². The van der Waals surface area contributed by atoms with Crippen LogP contribution in [0, 0.1) is 10.8 Å². The van der Waals surface area contributed by atoms with Gasteiger partial charge in [-0.3, -0.25) is 0 Å². The minimum atomic E-state index is -0.314.